The van der Waals surface area contributed by atoms with Crippen LogP contribution >= 0.6 is 8.07 Å². The summed E-state index contributed by atoms with van der Waals surface area (Å²) >= 11 is 0. The molecule has 0 saturated carbocycles. The van der Waals surface area contributed by atoms with Crippen molar-refractivity contribution in [2.75, 3.05) is 4.67 Å². The van der Waals surface area contributed by atoms with Gasteiger partial charge in [-0.25, -0.2) is 4.99 Å². The summed E-state index contributed by atoms with van der Waals surface area (Å²) in [4.78, 5) is 4.93. The van der Waals surface area contributed by atoms with E-state index in [9.17, 15) is 0 Å². The lowest BCUT2D eigenvalue weighted by molar-refractivity contribution is 0.999. The quantitative estimate of drug-likeness (QED) is 0.273. The normalized spacial score (nSPS) is 11.9. The number of anilines is 1. The fourth-order valence-electron chi connectivity index (χ4n) is 3.43. The molecule has 3 heteroatoms. The Labute approximate surface area is 161 Å². The summed E-state index contributed by atoms with van der Waals surface area (Å²) < 4.78 is 2.47. The summed E-state index contributed by atoms with van der Waals surface area (Å²) in [5.41, 5.74) is 6.27. The van der Waals surface area contributed by atoms with E-state index in [0.717, 1.165) is 18.5 Å². The lowest BCUT2D eigenvalue weighted by Gasteiger charge is -2.37. The molecule has 26 heavy (non-hydrogen) atoms. The van der Waals surface area contributed by atoms with E-state index in [1.807, 2.05) is 0 Å². The highest BCUT2D eigenvalue weighted by molar-refractivity contribution is 7.61. The van der Waals surface area contributed by atoms with Crippen molar-refractivity contribution in [1.82, 2.24) is 0 Å². The predicted octanol–water partition coefficient (Wildman–Crippen LogP) is 7.19. The molecule has 0 aliphatic carbocycles. The van der Waals surface area contributed by atoms with Crippen LogP contribution in [0.25, 0.3) is 0 Å². The number of rotatable bonds is 8. The van der Waals surface area contributed by atoms with Gasteiger partial charge in [0.1, 0.15) is 0 Å². The average molecular weight is 369 g/mol. The molecule has 140 valence electrons. The lowest BCUT2D eigenvalue weighted by atomic mass is 10.1. The Balaban J connectivity index is 2.51. The summed E-state index contributed by atoms with van der Waals surface area (Å²) in [7, 11) is -0.366. The minimum atomic E-state index is -0.366. The van der Waals surface area contributed by atoms with Crippen LogP contribution in [0.4, 0.5) is 11.4 Å². The molecule has 2 aromatic carbocycles. The van der Waals surface area contributed by atoms with Crippen LogP contribution < -0.4 is 4.67 Å². The third kappa shape index (κ3) is 4.95. The first kappa shape index (κ1) is 20.6. The van der Waals surface area contributed by atoms with Crippen molar-refractivity contribution >= 4 is 25.8 Å². The smallest absolute Gasteiger partial charge is 0.0990 e. The lowest BCUT2D eigenvalue weighted by Crippen LogP contribution is -2.24. The summed E-state index contributed by atoms with van der Waals surface area (Å²) in [6, 6.07) is 17.2. The van der Waals surface area contributed by atoms with Crippen molar-refractivity contribution < 1.29 is 0 Å². The molecule has 0 N–H and O–H groups in total. The SMILES string of the molecule is CCc1ccccc1/N=C/N(c1ccccc1CC)P(C(C)C)C(C)C. The van der Waals surface area contributed by atoms with Gasteiger partial charge in [-0.15, -0.1) is 0 Å². The fourth-order valence-corrected chi connectivity index (χ4v) is 6.23. The maximum atomic E-state index is 4.93. The standard InChI is InChI=1S/C23H33N2P/c1-7-20-13-9-11-15-22(20)24-17-25(26(18(3)4)19(5)6)23-16-12-10-14-21(23)8-2/h9-19H,7-8H2,1-6H3/b24-17+. The van der Waals surface area contributed by atoms with Crippen LogP contribution in [0.2, 0.25) is 0 Å². The summed E-state index contributed by atoms with van der Waals surface area (Å²) in [6.07, 6.45) is 4.13. The Morgan fingerprint density at radius 3 is 1.96 bits per heavy atom. The third-order valence-corrected chi connectivity index (χ3v) is 7.54. The molecule has 0 unspecified atom stereocenters. The van der Waals surface area contributed by atoms with E-state index >= 15 is 0 Å². The molecule has 2 rings (SSSR count). The number of para-hydroxylation sites is 2. The van der Waals surface area contributed by atoms with Crippen molar-refractivity contribution in [2.24, 2.45) is 4.99 Å². The van der Waals surface area contributed by atoms with Crippen LogP contribution in [0.1, 0.15) is 52.7 Å². The zero-order valence-electron chi connectivity index (χ0n) is 17.1. The van der Waals surface area contributed by atoms with Crippen molar-refractivity contribution in [3.8, 4) is 0 Å². The van der Waals surface area contributed by atoms with Crippen LogP contribution in [-0.2, 0) is 12.8 Å². The van der Waals surface area contributed by atoms with Crippen LogP contribution in [0, 0.1) is 0 Å². The molecular weight excluding hydrogens is 335 g/mol. The molecule has 2 aromatic rings. The monoisotopic (exact) mass is 368 g/mol. The highest BCUT2D eigenvalue weighted by Gasteiger charge is 2.25. The van der Waals surface area contributed by atoms with E-state index in [1.54, 1.807) is 0 Å². The second-order valence-corrected chi connectivity index (χ2v) is 10.4. The number of nitrogens with zero attached hydrogens (tertiary/aromatic N) is 2. The number of aryl methyl sites for hydroxylation is 2. The van der Waals surface area contributed by atoms with Gasteiger partial charge in [0.05, 0.1) is 12.0 Å². The predicted molar refractivity (Wildman–Crippen MR) is 119 cm³/mol. The number of aliphatic imine (C=N–C) groups is 1. The fraction of sp³-hybridized carbons (Fsp3) is 0.435. The average Bonchev–Trinajstić information content (AvgIpc) is 2.64. The highest BCUT2D eigenvalue weighted by Crippen LogP contribution is 2.51. The molecule has 0 bridgehead atoms. The van der Waals surface area contributed by atoms with Gasteiger partial charge >= 0.3 is 0 Å². The third-order valence-electron chi connectivity index (χ3n) is 4.61. The largest absolute Gasteiger partial charge is 0.310 e. The van der Waals surface area contributed by atoms with Crippen LogP contribution in [0.5, 0.6) is 0 Å². The van der Waals surface area contributed by atoms with Crippen molar-refractivity contribution in [3.63, 3.8) is 0 Å². The summed E-state index contributed by atoms with van der Waals surface area (Å²) in [6.45, 7) is 13.8. The Hall–Kier alpha value is -1.66. The maximum Gasteiger partial charge on any atom is 0.0990 e. The first-order valence-corrected chi connectivity index (χ1v) is 11.2. The maximum absolute atomic E-state index is 4.93. The second kappa shape index (κ2) is 9.88. The topological polar surface area (TPSA) is 15.6 Å². The second-order valence-electron chi connectivity index (χ2n) is 7.12. The van der Waals surface area contributed by atoms with Gasteiger partial charge in [-0.3, -0.25) is 0 Å². The molecule has 0 spiro atoms. The molecule has 0 saturated heterocycles. The summed E-state index contributed by atoms with van der Waals surface area (Å²) in [5, 5.41) is 0. The molecular formula is C23H33N2P. The molecule has 0 aliphatic heterocycles. The van der Waals surface area contributed by atoms with Crippen LogP contribution in [-0.4, -0.2) is 17.7 Å². The van der Waals surface area contributed by atoms with Gasteiger partial charge in [0, 0.05) is 13.8 Å². The molecule has 2 nitrogen and oxygen atoms in total. The van der Waals surface area contributed by atoms with Gasteiger partial charge in [0.2, 0.25) is 0 Å². The number of benzene rings is 2. The Bertz CT molecular complexity index is 714. The van der Waals surface area contributed by atoms with Gasteiger partial charge in [0.25, 0.3) is 0 Å². The molecule has 0 amide bonds. The van der Waals surface area contributed by atoms with E-state index in [4.69, 9.17) is 4.99 Å². The molecule has 0 radical (unpaired) electrons. The summed E-state index contributed by atoms with van der Waals surface area (Å²) in [5.74, 6) is 0. The van der Waals surface area contributed by atoms with Crippen molar-refractivity contribution in [2.45, 2.75) is 65.7 Å². The first-order chi connectivity index (χ1) is 12.5. The van der Waals surface area contributed by atoms with Crippen LogP contribution in [0.15, 0.2) is 53.5 Å². The molecule has 0 fully saturated rings. The Kier molecular flexibility index (Phi) is 7.85. The van der Waals surface area contributed by atoms with Crippen molar-refractivity contribution in [3.05, 3.63) is 59.7 Å². The van der Waals surface area contributed by atoms with E-state index in [-0.39, 0.29) is 8.07 Å². The van der Waals surface area contributed by atoms with Crippen molar-refractivity contribution in [1.29, 1.82) is 0 Å². The van der Waals surface area contributed by atoms with Gasteiger partial charge in [0.15, 0.2) is 0 Å². The van der Waals surface area contributed by atoms with E-state index in [1.165, 1.54) is 16.8 Å². The van der Waals surface area contributed by atoms with E-state index in [2.05, 4.69) is 101 Å². The van der Waals surface area contributed by atoms with E-state index < -0.39 is 0 Å². The molecule has 0 aliphatic rings. The zero-order chi connectivity index (χ0) is 19.1. The first-order valence-electron chi connectivity index (χ1n) is 9.77. The highest BCUT2D eigenvalue weighted by atomic mass is 31.1. The zero-order valence-corrected chi connectivity index (χ0v) is 18.0. The molecule has 0 atom stereocenters. The molecule has 0 aromatic heterocycles. The van der Waals surface area contributed by atoms with Gasteiger partial charge in [-0.05, 0) is 47.4 Å². The Morgan fingerprint density at radius 1 is 0.846 bits per heavy atom. The van der Waals surface area contributed by atoms with E-state index in [0.29, 0.717) is 11.3 Å². The number of hydrogen-bond donors (Lipinski definition) is 0. The van der Waals surface area contributed by atoms with Gasteiger partial charge < -0.3 is 4.67 Å². The minimum Gasteiger partial charge on any atom is -0.310 e. The number of hydrogen-bond acceptors (Lipinski definition) is 1. The van der Waals surface area contributed by atoms with Crippen LogP contribution in [0.3, 0.4) is 0 Å². The van der Waals surface area contributed by atoms with Gasteiger partial charge in [-0.1, -0.05) is 77.9 Å². The van der Waals surface area contributed by atoms with Gasteiger partial charge in [-0.2, -0.15) is 0 Å². The minimum absolute atomic E-state index is 0.366. The Morgan fingerprint density at radius 2 is 1.38 bits per heavy atom. The molecule has 0 heterocycles.